The van der Waals surface area contributed by atoms with E-state index in [-0.39, 0.29) is 5.56 Å². The van der Waals surface area contributed by atoms with E-state index in [1.165, 1.54) is 16.8 Å². The molecule has 2 aliphatic rings. The maximum Gasteiger partial charge on any atom is 0.258 e. The van der Waals surface area contributed by atoms with Crippen molar-refractivity contribution in [2.75, 3.05) is 27.2 Å². The summed E-state index contributed by atoms with van der Waals surface area (Å²) in [6.07, 6.45) is 1.14. The maximum absolute atomic E-state index is 13.6. The minimum Gasteiger partial charge on any atom is -0.311 e. The fourth-order valence-electron chi connectivity index (χ4n) is 5.64. The van der Waals surface area contributed by atoms with E-state index in [1.807, 2.05) is 41.0 Å². The Balaban J connectivity index is 1.43. The van der Waals surface area contributed by atoms with Crippen LogP contribution in [0.25, 0.3) is 11.1 Å². The zero-order chi connectivity index (χ0) is 22.9. The van der Waals surface area contributed by atoms with Gasteiger partial charge in [-0.3, -0.25) is 9.69 Å². The zero-order valence-electron chi connectivity index (χ0n) is 19.4. The fraction of sp³-hybridized carbons (Fsp3) is 0.357. The van der Waals surface area contributed by atoms with Crippen LogP contribution in [-0.2, 0) is 19.6 Å². The zero-order valence-corrected chi connectivity index (χ0v) is 19.4. The quantitative estimate of drug-likeness (QED) is 0.603. The molecule has 5 heteroatoms. The van der Waals surface area contributed by atoms with Crippen LogP contribution in [0.4, 0.5) is 0 Å². The number of piperidine rings is 1. The molecule has 3 aromatic rings. The Kier molecular flexibility index (Phi) is 5.88. The van der Waals surface area contributed by atoms with Crippen LogP contribution >= 0.6 is 0 Å². The number of nitriles is 1. The molecule has 0 spiro atoms. The smallest absolute Gasteiger partial charge is 0.258 e. The van der Waals surface area contributed by atoms with Crippen LogP contribution in [0, 0.1) is 17.2 Å². The molecule has 0 radical (unpaired) electrons. The summed E-state index contributed by atoms with van der Waals surface area (Å²) in [7, 11) is 4.11. The predicted octanol–water partition coefficient (Wildman–Crippen LogP) is 4.07. The molecule has 2 aliphatic heterocycles. The highest BCUT2D eigenvalue weighted by Gasteiger charge is 2.35. The molecule has 1 aromatic heterocycles. The maximum atomic E-state index is 13.6. The molecule has 1 fully saturated rings. The Morgan fingerprint density at radius 1 is 1.00 bits per heavy atom. The third-order valence-electron chi connectivity index (χ3n) is 6.94. The van der Waals surface area contributed by atoms with Gasteiger partial charge in [-0.15, -0.1) is 0 Å². The molecule has 1 saturated heterocycles. The van der Waals surface area contributed by atoms with Crippen molar-refractivity contribution in [2.24, 2.45) is 5.92 Å². The molecule has 0 saturated carbocycles. The average Bonchev–Trinajstić information content (AvgIpc) is 2.80. The number of nitrogens with zero attached hydrogens (tertiary/aromatic N) is 4. The lowest BCUT2D eigenvalue weighted by molar-refractivity contribution is 0.114. The van der Waals surface area contributed by atoms with Crippen molar-refractivity contribution in [1.82, 2.24) is 14.4 Å². The van der Waals surface area contributed by atoms with Gasteiger partial charge < -0.3 is 9.47 Å². The van der Waals surface area contributed by atoms with E-state index in [0.29, 0.717) is 17.4 Å². The molecule has 2 aromatic carbocycles. The highest BCUT2D eigenvalue weighted by molar-refractivity contribution is 5.66. The largest absolute Gasteiger partial charge is 0.311 e. The van der Waals surface area contributed by atoms with Crippen molar-refractivity contribution in [3.05, 3.63) is 93.4 Å². The fourth-order valence-corrected chi connectivity index (χ4v) is 5.64. The molecular weight excluding hydrogens is 408 g/mol. The average molecular weight is 439 g/mol. The summed E-state index contributed by atoms with van der Waals surface area (Å²) in [6, 6.07) is 22.6. The van der Waals surface area contributed by atoms with Gasteiger partial charge in [0, 0.05) is 49.9 Å². The van der Waals surface area contributed by atoms with Crippen LogP contribution in [0.1, 0.15) is 34.7 Å². The Labute approximate surface area is 195 Å². The van der Waals surface area contributed by atoms with E-state index < -0.39 is 0 Å². The topological polar surface area (TPSA) is 52.3 Å². The van der Waals surface area contributed by atoms with Gasteiger partial charge in [-0.05, 0) is 67.4 Å². The summed E-state index contributed by atoms with van der Waals surface area (Å²) in [4.78, 5) is 18.3. The van der Waals surface area contributed by atoms with Crippen LogP contribution in [0.5, 0.6) is 0 Å². The van der Waals surface area contributed by atoms with Crippen LogP contribution in [-0.4, -0.2) is 41.6 Å². The number of fused-ring (bicyclic) bond motifs is 4. The first-order chi connectivity index (χ1) is 16.0. The van der Waals surface area contributed by atoms with Gasteiger partial charge in [0.15, 0.2) is 0 Å². The number of aromatic nitrogens is 1. The summed E-state index contributed by atoms with van der Waals surface area (Å²) >= 11 is 0. The predicted molar refractivity (Wildman–Crippen MR) is 131 cm³/mol. The number of pyridine rings is 1. The molecule has 168 valence electrons. The highest BCUT2D eigenvalue weighted by atomic mass is 16.1. The van der Waals surface area contributed by atoms with Gasteiger partial charge >= 0.3 is 0 Å². The molecule has 3 heterocycles. The molecule has 33 heavy (non-hydrogen) atoms. The second kappa shape index (κ2) is 8.97. The third kappa shape index (κ3) is 4.37. The van der Waals surface area contributed by atoms with Crippen molar-refractivity contribution in [2.45, 2.75) is 32.0 Å². The van der Waals surface area contributed by atoms with Gasteiger partial charge in [0.05, 0.1) is 11.6 Å². The number of hydrogen-bond donors (Lipinski definition) is 0. The Morgan fingerprint density at radius 3 is 2.67 bits per heavy atom. The van der Waals surface area contributed by atoms with Gasteiger partial charge in [-0.1, -0.05) is 36.4 Å². The number of likely N-dealkylation sites (tertiary alicyclic amines) is 1. The number of benzene rings is 2. The van der Waals surface area contributed by atoms with Crippen molar-refractivity contribution in [3.8, 4) is 17.2 Å². The van der Waals surface area contributed by atoms with Gasteiger partial charge in [0.2, 0.25) is 0 Å². The first-order valence-corrected chi connectivity index (χ1v) is 11.7. The molecule has 5 rings (SSSR count). The van der Waals surface area contributed by atoms with E-state index >= 15 is 0 Å². The molecule has 2 bridgehead atoms. The minimum atomic E-state index is 0.142. The SMILES string of the molecule is CN(C)Cc1ccccc1-c1ccc2n(c1=O)CC1CC2CN(Cc2cccc(C#N)c2)C1. The van der Waals surface area contributed by atoms with Gasteiger partial charge in [0.1, 0.15) is 0 Å². The number of rotatable bonds is 5. The summed E-state index contributed by atoms with van der Waals surface area (Å²) in [6.45, 7) is 4.38. The van der Waals surface area contributed by atoms with Crippen LogP contribution in [0.15, 0.2) is 65.5 Å². The van der Waals surface area contributed by atoms with Crippen LogP contribution < -0.4 is 5.56 Å². The van der Waals surface area contributed by atoms with Crippen LogP contribution in [0.2, 0.25) is 0 Å². The number of hydrogen-bond acceptors (Lipinski definition) is 4. The van der Waals surface area contributed by atoms with E-state index in [1.54, 1.807) is 0 Å². The molecule has 5 nitrogen and oxygen atoms in total. The molecule has 0 amide bonds. The summed E-state index contributed by atoms with van der Waals surface area (Å²) < 4.78 is 2.05. The van der Waals surface area contributed by atoms with Gasteiger partial charge in [-0.25, -0.2) is 0 Å². The summed E-state index contributed by atoms with van der Waals surface area (Å²) in [5, 5.41) is 9.20. The standard InChI is InChI=1S/C28H30N4O/c1-30(2)18-23-8-3-4-9-25(23)26-10-11-27-24-13-22(17-32(27)28(26)33)16-31(19-24)15-21-7-5-6-20(12-21)14-29/h3-12,22,24H,13,15-19H2,1-2H3. The Hall–Kier alpha value is -3.20. The first-order valence-electron chi connectivity index (χ1n) is 11.7. The van der Waals surface area contributed by atoms with E-state index in [4.69, 9.17) is 0 Å². The Morgan fingerprint density at radius 2 is 1.85 bits per heavy atom. The Bertz CT molecular complexity index is 1270. The van der Waals surface area contributed by atoms with Crippen molar-refractivity contribution in [3.63, 3.8) is 0 Å². The van der Waals surface area contributed by atoms with Gasteiger partial charge in [-0.2, -0.15) is 5.26 Å². The minimum absolute atomic E-state index is 0.142. The van der Waals surface area contributed by atoms with Crippen molar-refractivity contribution < 1.29 is 0 Å². The molecule has 2 atom stereocenters. The lowest BCUT2D eigenvalue weighted by atomic mass is 9.82. The lowest BCUT2D eigenvalue weighted by Crippen LogP contribution is -2.47. The van der Waals surface area contributed by atoms with E-state index in [2.05, 4.69) is 54.2 Å². The second-order valence-electron chi connectivity index (χ2n) is 9.79. The van der Waals surface area contributed by atoms with Crippen LogP contribution in [0.3, 0.4) is 0 Å². The summed E-state index contributed by atoms with van der Waals surface area (Å²) in [5.41, 5.74) is 6.23. The van der Waals surface area contributed by atoms with Gasteiger partial charge in [0.25, 0.3) is 5.56 Å². The van der Waals surface area contributed by atoms with E-state index in [0.717, 1.165) is 50.3 Å². The third-order valence-corrected chi connectivity index (χ3v) is 6.94. The van der Waals surface area contributed by atoms with E-state index in [9.17, 15) is 10.1 Å². The monoisotopic (exact) mass is 438 g/mol. The molecule has 2 unspecified atom stereocenters. The van der Waals surface area contributed by atoms with Crippen molar-refractivity contribution in [1.29, 1.82) is 5.26 Å². The molecule has 0 N–H and O–H groups in total. The van der Waals surface area contributed by atoms with Crippen molar-refractivity contribution >= 4 is 0 Å². The second-order valence-corrected chi connectivity index (χ2v) is 9.79. The highest BCUT2D eigenvalue weighted by Crippen LogP contribution is 2.36. The molecular formula is C28H30N4O. The first kappa shape index (κ1) is 21.6. The normalized spacial score (nSPS) is 19.8. The molecule has 0 aliphatic carbocycles. The lowest BCUT2D eigenvalue weighted by Gasteiger charge is -2.43. The summed E-state index contributed by atoms with van der Waals surface area (Å²) in [5.74, 6) is 0.843.